The number of nitrogens with zero attached hydrogens (tertiary/aromatic N) is 3. The number of carbonyl (C=O) groups is 2. The molecule has 0 atom stereocenters. The summed E-state index contributed by atoms with van der Waals surface area (Å²) in [6.07, 6.45) is 1.40. The van der Waals surface area contributed by atoms with Crippen molar-refractivity contribution in [3.63, 3.8) is 0 Å². The van der Waals surface area contributed by atoms with Crippen LogP contribution in [0, 0.1) is 12.8 Å². The van der Waals surface area contributed by atoms with Crippen molar-refractivity contribution in [1.82, 2.24) is 14.7 Å². The molecule has 0 saturated carbocycles. The largest absolute Gasteiger partial charge is 0.369 e. The lowest BCUT2D eigenvalue weighted by Gasteiger charge is -2.36. The number of amides is 2. The van der Waals surface area contributed by atoms with Crippen molar-refractivity contribution >= 4 is 11.8 Å². The minimum atomic E-state index is -0.234. The molecule has 0 aromatic heterocycles. The van der Waals surface area contributed by atoms with Gasteiger partial charge in [-0.1, -0.05) is 29.8 Å². The Labute approximate surface area is 155 Å². The molecule has 0 spiro atoms. The van der Waals surface area contributed by atoms with Crippen LogP contribution in [0.5, 0.6) is 0 Å². The fourth-order valence-electron chi connectivity index (χ4n) is 3.88. The monoisotopic (exact) mass is 358 g/mol. The van der Waals surface area contributed by atoms with Crippen LogP contribution in [0.2, 0.25) is 0 Å². The minimum absolute atomic E-state index is 0.0655. The predicted molar refractivity (Wildman–Crippen MR) is 101 cm³/mol. The Kier molecular flexibility index (Phi) is 6.27. The second-order valence-corrected chi connectivity index (χ2v) is 7.60. The van der Waals surface area contributed by atoms with Gasteiger partial charge in [-0.05, 0) is 25.3 Å². The Bertz CT molecular complexity index is 632. The molecule has 26 heavy (non-hydrogen) atoms. The quantitative estimate of drug-likeness (QED) is 0.847. The SMILES string of the molecule is Cc1cccc(CN2CCN(CC(=O)N3CCC(C(N)=O)CC3)CC2)c1. The molecule has 0 radical (unpaired) electrons. The molecule has 1 aromatic rings. The zero-order chi connectivity index (χ0) is 18.5. The number of carbonyl (C=O) groups excluding carboxylic acids is 2. The van der Waals surface area contributed by atoms with E-state index < -0.39 is 0 Å². The zero-order valence-corrected chi connectivity index (χ0v) is 15.7. The Hall–Kier alpha value is -1.92. The van der Waals surface area contributed by atoms with Crippen molar-refractivity contribution in [1.29, 1.82) is 0 Å². The average Bonchev–Trinajstić information content (AvgIpc) is 2.63. The van der Waals surface area contributed by atoms with E-state index in [1.54, 1.807) is 0 Å². The van der Waals surface area contributed by atoms with Gasteiger partial charge in [0.2, 0.25) is 11.8 Å². The summed E-state index contributed by atoms with van der Waals surface area (Å²) in [4.78, 5) is 30.3. The smallest absolute Gasteiger partial charge is 0.236 e. The molecule has 0 aliphatic carbocycles. The van der Waals surface area contributed by atoms with Gasteiger partial charge in [0.15, 0.2) is 0 Å². The third-order valence-corrected chi connectivity index (χ3v) is 5.56. The highest BCUT2D eigenvalue weighted by Crippen LogP contribution is 2.17. The summed E-state index contributed by atoms with van der Waals surface area (Å²) < 4.78 is 0. The summed E-state index contributed by atoms with van der Waals surface area (Å²) in [5.41, 5.74) is 8.01. The first kappa shape index (κ1) is 18.9. The Morgan fingerprint density at radius 2 is 1.69 bits per heavy atom. The molecule has 6 heteroatoms. The fraction of sp³-hybridized carbons (Fsp3) is 0.600. The summed E-state index contributed by atoms with van der Waals surface area (Å²) in [6.45, 7) is 8.73. The van der Waals surface area contributed by atoms with Crippen LogP contribution in [0.4, 0.5) is 0 Å². The summed E-state index contributed by atoms with van der Waals surface area (Å²) in [7, 11) is 0. The topological polar surface area (TPSA) is 69.9 Å². The number of nitrogens with two attached hydrogens (primary N) is 1. The van der Waals surface area contributed by atoms with E-state index in [1.165, 1.54) is 11.1 Å². The molecule has 0 bridgehead atoms. The van der Waals surface area contributed by atoms with Crippen LogP contribution in [0.1, 0.15) is 24.0 Å². The maximum absolute atomic E-state index is 12.5. The molecule has 2 amide bonds. The van der Waals surface area contributed by atoms with E-state index in [4.69, 9.17) is 5.73 Å². The van der Waals surface area contributed by atoms with Crippen LogP contribution in [0.3, 0.4) is 0 Å². The van der Waals surface area contributed by atoms with E-state index in [1.807, 2.05) is 4.90 Å². The highest BCUT2D eigenvalue weighted by molar-refractivity contribution is 5.80. The number of hydrogen-bond acceptors (Lipinski definition) is 4. The molecular weight excluding hydrogens is 328 g/mol. The molecule has 0 unspecified atom stereocenters. The molecule has 2 aliphatic heterocycles. The summed E-state index contributed by atoms with van der Waals surface area (Å²) >= 11 is 0. The van der Waals surface area contributed by atoms with Gasteiger partial charge in [-0.2, -0.15) is 0 Å². The molecule has 2 saturated heterocycles. The summed E-state index contributed by atoms with van der Waals surface area (Å²) in [5.74, 6) is -0.119. The molecule has 6 nitrogen and oxygen atoms in total. The number of rotatable bonds is 5. The second-order valence-electron chi connectivity index (χ2n) is 7.60. The average molecular weight is 358 g/mol. The lowest BCUT2D eigenvalue weighted by Crippen LogP contribution is -2.51. The van der Waals surface area contributed by atoms with E-state index >= 15 is 0 Å². The maximum atomic E-state index is 12.5. The predicted octanol–water partition coefficient (Wildman–Crippen LogP) is 0.837. The summed E-state index contributed by atoms with van der Waals surface area (Å²) in [6, 6.07) is 8.66. The van der Waals surface area contributed by atoms with Gasteiger partial charge in [0.05, 0.1) is 6.54 Å². The number of likely N-dealkylation sites (tertiary alicyclic amines) is 1. The van der Waals surface area contributed by atoms with Crippen molar-refractivity contribution < 1.29 is 9.59 Å². The number of piperidine rings is 1. The molecular formula is C20H30N4O2. The van der Waals surface area contributed by atoms with Crippen molar-refractivity contribution in [2.45, 2.75) is 26.3 Å². The van der Waals surface area contributed by atoms with Gasteiger partial charge in [-0.15, -0.1) is 0 Å². The van der Waals surface area contributed by atoms with Crippen molar-refractivity contribution in [3.05, 3.63) is 35.4 Å². The van der Waals surface area contributed by atoms with Crippen molar-refractivity contribution in [3.8, 4) is 0 Å². The first-order chi connectivity index (χ1) is 12.5. The standard InChI is InChI=1S/C20H30N4O2/c1-16-3-2-4-17(13-16)14-22-9-11-23(12-10-22)15-19(25)24-7-5-18(6-8-24)20(21)26/h2-4,13,18H,5-12,14-15H2,1H3,(H2,21,26). The third-order valence-electron chi connectivity index (χ3n) is 5.56. The van der Waals surface area contributed by atoms with Gasteiger partial charge in [-0.25, -0.2) is 0 Å². The molecule has 142 valence electrons. The second kappa shape index (κ2) is 8.64. The number of primary amides is 1. The van der Waals surface area contributed by atoms with Crippen LogP contribution >= 0.6 is 0 Å². The molecule has 2 heterocycles. The van der Waals surface area contributed by atoms with Crippen LogP contribution < -0.4 is 5.73 Å². The van der Waals surface area contributed by atoms with Crippen molar-refractivity contribution in [2.24, 2.45) is 11.7 Å². The van der Waals surface area contributed by atoms with Crippen LogP contribution in [0.25, 0.3) is 0 Å². The zero-order valence-electron chi connectivity index (χ0n) is 15.7. The van der Waals surface area contributed by atoms with E-state index in [0.717, 1.165) is 32.7 Å². The first-order valence-electron chi connectivity index (χ1n) is 9.58. The number of aryl methyl sites for hydroxylation is 1. The Morgan fingerprint density at radius 1 is 1.04 bits per heavy atom. The van der Waals surface area contributed by atoms with Gasteiger partial charge in [-0.3, -0.25) is 19.4 Å². The fourth-order valence-corrected chi connectivity index (χ4v) is 3.88. The molecule has 3 rings (SSSR count). The Balaban J connectivity index is 1.40. The van der Waals surface area contributed by atoms with Gasteiger partial charge >= 0.3 is 0 Å². The number of piperazine rings is 1. The first-order valence-corrected chi connectivity index (χ1v) is 9.58. The van der Waals surface area contributed by atoms with E-state index in [2.05, 4.69) is 41.0 Å². The van der Waals surface area contributed by atoms with E-state index in [-0.39, 0.29) is 17.7 Å². The third kappa shape index (κ3) is 5.05. The van der Waals surface area contributed by atoms with Gasteiger partial charge in [0.1, 0.15) is 0 Å². The highest BCUT2D eigenvalue weighted by atomic mass is 16.2. The minimum Gasteiger partial charge on any atom is -0.369 e. The molecule has 2 N–H and O–H groups in total. The van der Waals surface area contributed by atoms with Crippen LogP contribution in [-0.2, 0) is 16.1 Å². The van der Waals surface area contributed by atoms with Crippen LogP contribution in [-0.4, -0.2) is 72.3 Å². The molecule has 1 aromatic carbocycles. The number of hydrogen-bond donors (Lipinski definition) is 1. The number of benzene rings is 1. The summed E-state index contributed by atoms with van der Waals surface area (Å²) in [5, 5.41) is 0. The van der Waals surface area contributed by atoms with Gasteiger partial charge in [0.25, 0.3) is 0 Å². The maximum Gasteiger partial charge on any atom is 0.236 e. The Morgan fingerprint density at radius 3 is 2.31 bits per heavy atom. The van der Waals surface area contributed by atoms with Crippen LogP contribution in [0.15, 0.2) is 24.3 Å². The van der Waals surface area contributed by atoms with Crippen molar-refractivity contribution in [2.75, 3.05) is 45.8 Å². The van der Waals surface area contributed by atoms with Gasteiger partial charge < -0.3 is 10.6 Å². The normalized spacial score (nSPS) is 20.3. The highest BCUT2D eigenvalue weighted by Gasteiger charge is 2.27. The van der Waals surface area contributed by atoms with E-state index in [9.17, 15) is 9.59 Å². The molecule has 2 aliphatic rings. The van der Waals surface area contributed by atoms with E-state index in [0.29, 0.717) is 32.5 Å². The van der Waals surface area contributed by atoms with Gasteiger partial charge in [0, 0.05) is 51.7 Å². The lowest BCUT2D eigenvalue weighted by atomic mass is 9.96. The lowest BCUT2D eigenvalue weighted by molar-refractivity contribution is -0.136. The molecule has 2 fully saturated rings.